The summed E-state index contributed by atoms with van der Waals surface area (Å²) in [5.74, 6) is 5.72. The molecule has 3 N–H and O–H groups in total. The fraction of sp³-hybridized carbons (Fsp3) is 0.107. The third-order valence-corrected chi connectivity index (χ3v) is 6.34. The van der Waals surface area contributed by atoms with Crippen molar-refractivity contribution in [1.82, 2.24) is 38.7 Å². The summed E-state index contributed by atoms with van der Waals surface area (Å²) < 4.78 is 6.44. The number of nitrogens with one attached hydrogen (secondary N) is 1. The smallest absolute Gasteiger partial charge is 0.280 e. The van der Waals surface area contributed by atoms with Gasteiger partial charge < -0.3 is 15.5 Å². The van der Waals surface area contributed by atoms with Crippen LogP contribution in [-0.2, 0) is 7.05 Å². The second kappa shape index (κ2) is 9.35. The SMILES string of the molecule is CC(NC(=O)c1c(N)nn2cccnc12)c1cn2ccc(C#Cc3ccn(C)n3)c2c(=O)n1-c1ccccc1. The Hall–Kier alpha value is -5.63. The molecule has 0 aliphatic rings. The van der Waals surface area contributed by atoms with E-state index in [0.29, 0.717) is 33.8 Å². The van der Waals surface area contributed by atoms with Crippen molar-refractivity contribution in [2.45, 2.75) is 13.0 Å². The predicted molar refractivity (Wildman–Crippen MR) is 145 cm³/mol. The number of hydrogen-bond acceptors (Lipinski definition) is 6. The third-order valence-electron chi connectivity index (χ3n) is 6.34. The van der Waals surface area contributed by atoms with Gasteiger partial charge in [-0.2, -0.15) is 5.10 Å². The summed E-state index contributed by atoms with van der Waals surface area (Å²) in [6.07, 6.45) is 8.64. The molecule has 0 bridgehead atoms. The molecular formula is C28H23N9O2. The van der Waals surface area contributed by atoms with Gasteiger partial charge in [-0.05, 0) is 43.2 Å². The van der Waals surface area contributed by atoms with Crippen molar-refractivity contribution < 1.29 is 4.79 Å². The van der Waals surface area contributed by atoms with E-state index in [1.807, 2.05) is 55.8 Å². The van der Waals surface area contributed by atoms with Gasteiger partial charge in [-0.3, -0.25) is 18.8 Å². The van der Waals surface area contributed by atoms with Crippen LogP contribution in [0.4, 0.5) is 5.82 Å². The lowest BCUT2D eigenvalue weighted by Crippen LogP contribution is -2.33. The maximum absolute atomic E-state index is 14.0. The van der Waals surface area contributed by atoms with Crippen molar-refractivity contribution in [3.05, 3.63) is 112 Å². The maximum atomic E-state index is 14.0. The number of fused-ring (bicyclic) bond motifs is 2. The Morgan fingerprint density at radius 2 is 1.85 bits per heavy atom. The molecule has 0 spiro atoms. The fourth-order valence-corrected chi connectivity index (χ4v) is 4.53. The molecule has 0 aliphatic carbocycles. The van der Waals surface area contributed by atoms with Gasteiger partial charge in [0.05, 0.1) is 17.3 Å². The van der Waals surface area contributed by atoms with Crippen LogP contribution < -0.4 is 16.6 Å². The number of anilines is 1. The van der Waals surface area contributed by atoms with Crippen LogP contribution >= 0.6 is 0 Å². The summed E-state index contributed by atoms with van der Waals surface area (Å²) in [5, 5.41) is 11.4. The molecule has 0 saturated carbocycles. The first-order valence-electron chi connectivity index (χ1n) is 12.1. The summed E-state index contributed by atoms with van der Waals surface area (Å²) in [7, 11) is 1.82. The van der Waals surface area contributed by atoms with Crippen LogP contribution in [-0.4, -0.2) is 39.3 Å². The maximum Gasteiger partial charge on any atom is 0.280 e. The van der Waals surface area contributed by atoms with Crippen molar-refractivity contribution in [2.75, 3.05) is 5.73 Å². The van der Waals surface area contributed by atoms with Crippen molar-refractivity contribution >= 4 is 22.9 Å². The van der Waals surface area contributed by atoms with Crippen LogP contribution in [0.15, 0.2) is 84.3 Å². The second-order valence-electron chi connectivity index (χ2n) is 8.98. The van der Waals surface area contributed by atoms with Gasteiger partial charge in [0, 0.05) is 43.7 Å². The zero-order valence-electron chi connectivity index (χ0n) is 21.1. The minimum atomic E-state index is -0.585. The van der Waals surface area contributed by atoms with Crippen LogP contribution in [0.5, 0.6) is 0 Å². The lowest BCUT2D eigenvalue weighted by molar-refractivity contribution is 0.0941. The molecule has 192 valence electrons. The molecule has 11 nitrogen and oxygen atoms in total. The minimum Gasteiger partial charge on any atom is -0.381 e. The van der Waals surface area contributed by atoms with E-state index in [9.17, 15) is 9.59 Å². The van der Waals surface area contributed by atoms with Crippen LogP contribution in [0.3, 0.4) is 0 Å². The first kappa shape index (κ1) is 23.7. The highest BCUT2D eigenvalue weighted by Gasteiger charge is 2.24. The Balaban J connectivity index is 1.45. The summed E-state index contributed by atoms with van der Waals surface area (Å²) in [5.41, 5.74) is 9.11. The predicted octanol–water partition coefficient (Wildman–Crippen LogP) is 2.34. The average Bonchev–Trinajstić information content (AvgIpc) is 3.63. The van der Waals surface area contributed by atoms with Crippen LogP contribution in [0.1, 0.15) is 40.3 Å². The summed E-state index contributed by atoms with van der Waals surface area (Å²) in [6.45, 7) is 1.80. The van der Waals surface area contributed by atoms with E-state index < -0.39 is 11.9 Å². The van der Waals surface area contributed by atoms with E-state index in [1.165, 1.54) is 4.52 Å². The largest absolute Gasteiger partial charge is 0.381 e. The summed E-state index contributed by atoms with van der Waals surface area (Å²) in [6, 6.07) is 14.0. The van der Waals surface area contributed by atoms with E-state index in [2.05, 4.69) is 32.3 Å². The van der Waals surface area contributed by atoms with E-state index in [1.54, 1.807) is 51.3 Å². The Labute approximate surface area is 222 Å². The molecule has 5 heterocycles. The number of aryl methyl sites for hydroxylation is 1. The Bertz CT molecular complexity index is 1980. The number of carbonyl (C=O) groups is 1. The van der Waals surface area contributed by atoms with E-state index in [-0.39, 0.29) is 16.9 Å². The van der Waals surface area contributed by atoms with Crippen molar-refractivity contribution in [3.8, 4) is 17.5 Å². The zero-order valence-corrected chi connectivity index (χ0v) is 21.1. The summed E-state index contributed by atoms with van der Waals surface area (Å²) >= 11 is 0. The lowest BCUT2D eigenvalue weighted by atomic mass is 10.1. The van der Waals surface area contributed by atoms with Gasteiger partial charge in [-0.1, -0.05) is 24.1 Å². The van der Waals surface area contributed by atoms with Crippen molar-refractivity contribution in [3.63, 3.8) is 0 Å². The number of rotatable bonds is 4. The topological polar surface area (TPSA) is 130 Å². The van der Waals surface area contributed by atoms with E-state index >= 15 is 0 Å². The number of carbonyl (C=O) groups excluding carboxylic acids is 1. The molecule has 1 amide bonds. The number of benzene rings is 1. The van der Waals surface area contributed by atoms with Gasteiger partial charge >= 0.3 is 0 Å². The Morgan fingerprint density at radius 1 is 1.03 bits per heavy atom. The first-order valence-corrected chi connectivity index (χ1v) is 12.1. The molecule has 39 heavy (non-hydrogen) atoms. The molecule has 1 aromatic carbocycles. The number of para-hydroxylation sites is 1. The number of amides is 1. The number of hydrogen-bond donors (Lipinski definition) is 2. The zero-order chi connectivity index (χ0) is 27.1. The molecule has 0 fully saturated rings. The normalized spacial score (nSPS) is 11.8. The molecule has 6 rings (SSSR count). The van der Waals surface area contributed by atoms with Gasteiger partial charge in [-0.25, -0.2) is 9.50 Å². The minimum absolute atomic E-state index is 0.0656. The molecule has 0 aliphatic heterocycles. The second-order valence-corrected chi connectivity index (χ2v) is 8.98. The van der Waals surface area contributed by atoms with E-state index in [0.717, 1.165) is 0 Å². The van der Waals surface area contributed by atoms with Crippen LogP contribution in [0.2, 0.25) is 0 Å². The highest BCUT2D eigenvalue weighted by atomic mass is 16.2. The molecule has 1 unspecified atom stereocenters. The number of aromatic nitrogens is 7. The third kappa shape index (κ3) is 4.19. The highest BCUT2D eigenvalue weighted by molar-refractivity contribution is 6.04. The number of nitrogen functional groups attached to an aromatic ring is 1. The van der Waals surface area contributed by atoms with Gasteiger partial charge in [-0.15, -0.1) is 5.10 Å². The van der Waals surface area contributed by atoms with Crippen molar-refractivity contribution in [1.29, 1.82) is 0 Å². The van der Waals surface area contributed by atoms with Crippen LogP contribution in [0, 0.1) is 11.8 Å². The quantitative estimate of drug-likeness (QED) is 0.345. The van der Waals surface area contributed by atoms with E-state index in [4.69, 9.17) is 5.73 Å². The summed E-state index contributed by atoms with van der Waals surface area (Å²) in [4.78, 5) is 31.6. The van der Waals surface area contributed by atoms with Gasteiger partial charge in [0.15, 0.2) is 11.5 Å². The Kier molecular flexibility index (Phi) is 5.69. The molecule has 5 aromatic heterocycles. The van der Waals surface area contributed by atoms with Crippen LogP contribution in [0.25, 0.3) is 16.9 Å². The lowest BCUT2D eigenvalue weighted by Gasteiger charge is -2.20. The van der Waals surface area contributed by atoms with Gasteiger partial charge in [0.2, 0.25) is 0 Å². The molecule has 0 saturated heterocycles. The highest BCUT2D eigenvalue weighted by Crippen LogP contribution is 2.21. The first-order chi connectivity index (χ1) is 18.9. The Morgan fingerprint density at radius 3 is 2.62 bits per heavy atom. The van der Waals surface area contributed by atoms with Gasteiger partial charge in [0.1, 0.15) is 16.8 Å². The number of nitrogens with zero attached hydrogens (tertiary/aromatic N) is 7. The standard InChI is InChI=1S/C28H23N9O2/c1-18(31-27(38)23-25(29)33-36-14-6-13-30-26(23)36)22-17-35-16-11-19(9-10-20-12-15-34(2)32-20)24(35)28(39)37(22)21-7-4-3-5-8-21/h3-8,11-18H,1-2H3,(H2,29,33)(H,31,38). The molecule has 0 radical (unpaired) electrons. The van der Waals surface area contributed by atoms with Gasteiger partial charge in [0.25, 0.3) is 11.5 Å². The fourth-order valence-electron chi connectivity index (χ4n) is 4.53. The molecule has 11 heteroatoms. The molecular weight excluding hydrogens is 494 g/mol. The van der Waals surface area contributed by atoms with Crippen molar-refractivity contribution in [2.24, 2.45) is 7.05 Å². The number of nitrogens with two attached hydrogens (primary N) is 1. The average molecular weight is 518 g/mol. The monoisotopic (exact) mass is 517 g/mol. The molecule has 6 aromatic rings. The molecule has 1 atom stereocenters.